The lowest BCUT2D eigenvalue weighted by molar-refractivity contribution is 1.18. The van der Waals surface area contributed by atoms with Gasteiger partial charge >= 0.3 is 0 Å². The van der Waals surface area contributed by atoms with Crippen LogP contribution in [0.15, 0.2) is 267 Å². The molecule has 14 aromatic rings. The van der Waals surface area contributed by atoms with Crippen LogP contribution < -0.4 is 9.80 Å². The van der Waals surface area contributed by atoms with Gasteiger partial charge in [-0.05, 0) is 154 Å². The van der Waals surface area contributed by atoms with Crippen molar-refractivity contribution in [3.8, 4) is 11.4 Å². The van der Waals surface area contributed by atoms with Crippen LogP contribution in [0.2, 0.25) is 0 Å². The molecule has 0 spiro atoms. The van der Waals surface area contributed by atoms with Crippen molar-refractivity contribution in [2.24, 2.45) is 0 Å². The number of para-hydroxylation sites is 6. The summed E-state index contributed by atoms with van der Waals surface area (Å²) in [6.07, 6.45) is 0. The Labute approximate surface area is 405 Å². The van der Waals surface area contributed by atoms with Crippen LogP contribution in [0.1, 0.15) is 0 Å². The molecule has 2 aromatic heterocycles. The number of aromatic nitrogens is 2. The largest absolute Gasteiger partial charge is 0.310 e. The summed E-state index contributed by atoms with van der Waals surface area (Å²) in [6.45, 7) is 0. The number of nitrogens with zero attached hydrogens (tertiary/aromatic N) is 4. The van der Waals surface area contributed by atoms with E-state index in [-0.39, 0.29) is 0 Å². The predicted octanol–water partition coefficient (Wildman–Crippen LogP) is 18.3. The van der Waals surface area contributed by atoms with Crippen molar-refractivity contribution in [3.63, 3.8) is 0 Å². The van der Waals surface area contributed by atoms with Gasteiger partial charge in [-0.25, -0.2) is 0 Å². The molecule has 4 heteroatoms. The summed E-state index contributed by atoms with van der Waals surface area (Å²) in [5, 5.41) is 12.2. The van der Waals surface area contributed by atoms with Gasteiger partial charge in [0.2, 0.25) is 0 Å². The van der Waals surface area contributed by atoms with E-state index in [4.69, 9.17) is 0 Å². The molecule has 0 radical (unpaired) electrons. The van der Waals surface area contributed by atoms with Crippen LogP contribution in [0.4, 0.5) is 34.1 Å². The lowest BCUT2D eigenvalue weighted by atomic mass is 9.96. The van der Waals surface area contributed by atoms with Crippen molar-refractivity contribution in [2.75, 3.05) is 9.80 Å². The maximum atomic E-state index is 2.40. The number of anilines is 6. The average molecular weight is 893 g/mol. The second kappa shape index (κ2) is 16.2. The second-order valence-electron chi connectivity index (χ2n) is 18.2. The minimum absolute atomic E-state index is 1.11. The summed E-state index contributed by atoms with van der Waals surface area (Å²) in [6, 6.07) is 97.2. The Morgan fingerprint density at radius 2 is 0.557 bits per heavy atom. The average Bonchev–Trinajstić information content (AvgIpc) is 3.94. The smallest absolute Gasteiger partial charge is 0.0542 e. The fourth-order valence-corrected chi connectivity index (χ4v) is 11.1. The summed E-state index contributed by atoms with van der Waals surface area (Å²) in [7, 11) is 0. The van der Waals surface area contributed by atoms with E-state index in [2.05, 4.69) is 286 Å². The van der Waals surface area contributed by atoms with E-state index in [1.165, 1.54) is 75.9 Å². The van der Waals surface area contributed by atoms with E-state index in [1.54, 1.807) is 0 Å². The quantitative estimate of drug-likeness (QED) is 0.141. The van der Waals surface area contributed by atoms with Crippen LogP contribution in [0.3, 0.4) is 0 Å². The van der Waals surface area contributed by atoms with E-state index < -0.39 is 0 Å². The maximum absolute atomic E-state index is 2.40. The molecule has 0 atom stereocenters. The van der Waals surface area contributed by atoms with Gasteiger partial charge < -0.3 is 18.9 Å². The molecule has 14 rings (SSSR count). The SMILES string of the molecule is c1ccc(N(c2ccc3c(ccc4c5cc(N(c6ccccc6)c6ccc7c(c6)c6ccccc6n7-c6ccccc6)ccc5ccc34)c2)c2ccc3c(c2)c2ccccc2n3-c2ccccc2)cc1. The zero-order valence-corrected chi connectivity index (χ0v) is 38.2. The van der Waals surface area contributed by atoms with Gasteiger partial charge in [-0.3, -0.25) is 0 Å². The summed E-state index contributed by atoms with van der Waals surface area (Å²) >= 11 is 0. The normalized spacial score (nSPS) is 11.7. The molecule has 0 aliphatic heterocycles. The molecular formula is C66H44N4. The molecule has 0 unspecified atom stereocenters. The second-order valence-corrected chi connectivity index (χ2v) is 18.2. The Bertz CT molecular complexity index is 4290. The van der Waals surface area contributed by atoms with Crippen LogP contribution in [0, 0.1) is 0 Å². The van der Waals surface area contributed by atoms with Gasteiger partial charge in [0.25, 0.3) is 0 Å². The van der Waals surface area contributed by atoms with Crippen molar-refractivity contribution in [3.05, 3.63) is 267 Å². The Balaban J connectivity index is 0.894. The number of hydrogen-bond acceptors (Lipinski definition) is 2. The molecule has 0 bridgehead atoms. The van der Waals surface area contributed by atoms with Crippen LogP contribution >= 0.6 is 0 Å². The molecule has 0 fully saturated rings. The zero-order valence-electron chi connectivity index (χ0n) is 38.2. The van der Waals surface area contributed by atoms with E-state index in [9.17, 15) is 0 Å². The molecule has 0 aliphatic rings. The van der Waals surface area contributed by atoms with Crippen molar-refractivity contribution >= 4 is 110 Å². The molecule has 4 nitrogen and oxygen atoms in total. The van der Waals surface area contributed by atoms with Gasteiger partial charge in [0.05, 0.1) is 22.1 Å². The van der Waals surface area contributed by atoms with Crippen LogP contribution in [0.25, 0.3) is 87.3 Å². The molecule has 2 heterocycles. The Hall–Kier alpha value is -9.38. The third kappa shape index (κ3) is 6.38. The first-order chi connectivity index (χ1) is 34.7. The first-order valence-corrected chi connectivity index (χ1v) is 24.0. The van der Waals surface area contributed by atoms with Gasteiger partial charge in [0, 0.05) is 67.0 Å². The van der Waals surface area contributed by atoms with Crippen molar-refractivity contribution in [1.82, 2.24) is 9.13 Å². The monoisotopic (exact) mass is 892 g/mol. The summed E-state index contributed by atoms with van der Waals surface area (Å²) < 4.78 is 4.75. The highest BCUT2D eigenvalue weighted by Gasteiger charge is 2.20. The predicted molar refractivity (Wildman–Crippen MR) is 297 cm³/mol. The van der Waals surface area contributed by atoms with Crippen LogP contribution in [0.5, 0.6) is 0 Å². The fraction of sp³-hybridized carbons (Fsp3) is 0. The fourth-order valence-electron chi connectivity index (χ4n) is 11.1. The highest BCUT2D eigenvalue weighted by atomic mass is 15.1. The molecule has 0 aliphatic carbocycles. The molecule has 12 aromatic carbocycles. The number of benzene rings is 12. The van der Waals surface area contributed by atoms with E-state index in [1.807, 2.05) is 0 Å². The third-order valence-corrected chi connectivity index (χ3v) is 14.2. The van der Waals surface area contributed by atoms with Crippen LogP contribution in [-0.2, 0) is 0 Å². The highest BCUT2D eigenvalue weighted by molar-refractivity contribution is 6.19. The Morgan fingerprint density at radius 1 is 0.200 bits per heavy atom. The standard InChI is InChI=1S/C66H44N4/c1-5-17-47(18-6-1)67(53-34-39-65-61(43-53)58-25-13-15-27-63(58)69(65)49-21-9-3-10-22-49)51-33-38-55-46(41-51)31-37-57-56(55)36-30-45-29-32-52(42-60(45)57)68(48-19-7-2-8-20-48)54-35-40-66-62(44-54)59-26-14-16-28-64(59)70(66)50-23-11-4-12-24-50/h1-44H. The zero-order chi connectivity index (χ0) is 46.1. The van der Waals surface area contributed by atoms with E-state index in [0.717, 1.165) is 45.5 Å². The van der Waals surface area contributed by atoms with Gasteiger partial charge in [-0.2, -0.15) is 0 Å². The number of fused-ring (bicyclic) bond motifs is 11. The van der Waals surface area contributed by atoms with E-state index >= 15 is 0 Å². The molecule has 70 heavy (non-hydrogen) atoms. The highest BCUT2D eigenvalue weighted by Crippen LogP contribution is 2.44. The Morgan fingerprint density at radius 3 is 1.09 bits per heavy atom. The number of rotatable bonds is 8. The van der Waals surface area contributed by atoms with Crippen molar-refractivity contribution < 1.29 is 0 Å². The first kappa shape index (κ1) is 39.8. The third-order valence-electron chi connectivity index (χ3n) is 14.2. The summed E-state index contributed by atoms with van der Waals surface area (Å²) in [5.74, 6) is 0. The lowest BCUT2D eigenvalue weighted by Crippen LogP contribution is -2.10. The Kier molecular flexibility index (Phi) is 9.17. The lowest BCUT2D eigenvalue weighted by Gasteiger charge is -2.26. The van der Waals surface area contributed by atoms with Gasteiger partial charge in [0.15, 0.2) is 0 Å². The van der Waals surface area contributed by atoms with Crippen molar-refractivity contribution in [2.45, 2.75) is 0 Å². The maximum Gasteiger partial charge on any atom is 0.0542 e. The van der Waals surface area contributed by atoms with Gasteiger partial charge in [0.1, 0.15) is 0 Å². The van der Waals surface area contributed by atoms with Crippen LogP contribution in [-0.4, -0.2) is 9.13 Å². The minimum atomic E-state index is 1.11. The molecular weight excluding hydrogens is 849 g/mol. The molecule has 0 amide bonds. The summed E-state index contributed by atoms with van der Waals surface area (Å²) in [5.41, 5.74) is 13.7. The first-order valence-electron chi connectivity index (χ1n) is 24.0. The van der Waals surface area contributed by atoms with Crippen molar-refractivity contribution in [1.29, 1.82) is 0 Å². The molecule has 0 saturated carbocycles. The van der Waals surface area contributed by atoms with E-state index in [0.29, 0.717) is 0 Å². The summed E-state index contributed by atoms with van der Waals surface area (Å²) in [4.78, 5) is 4.79. The van der Waals surface area contributed by atoms with Gasteiger partial charge in [-0.15, -0.1) is 0 Å². The number of hydrogen-bond donors (Lipinski definition) is 0. The minimum Gasteiger partial charge on any atom is -0.310 e. The van der Waals surface area contributed by atoms with Gasteiger partial charge in [-0.1, -0.05) is 146 Å². The molecule has 0 N–H and O–H groups in total. The molecule has 0 saturated heterocycles. The topological polar surface area (TPSA) is 16.3 Å². The molecule has 328 valence electrons.